The minimum Gasteiger partial charge on any atom is -0.383 e. The molecule has 0 spiro atoms. The molecule has 9 heteroatoms. The zero-order chi connectivity index (χ0) is 16.2. The molecule has 1 saturated heterocycles. The summed E-state index contributed by atoms with van der Waals surface area (Å²) in [4.78, 5) is 17.0. The van der Waals surface area contributed by atoms with Crippen LogP contribution >= 0.6 is 11.3 Å². The predicted molar refractivity (Wildman–Crippen MR) is 92.3 cm³/mol. The van der Waals surface area contributed by atoms with Gasteiger partial charge in [0.2, 0.25) is 5.13 Å². The molecule has 2 aromatic rings. The summed E-state index contributed by atoms with van der Waals surface area (Å²) >= 11 is 1.34. The van der Waals surface area contributed by atoms with Crippen molar-refractivity contribution in [2.45, 2.75) is 12.8 Å². The molecule has 0 radical (unpaired) electrons. The van der Waals surface area contributed by atoms with Crippen LogP contribution in [0, 0.1) is 10.1 Å². The van der Waals surface area contributed by atoms with Crippen LogP contribution in [0.15, 0.2) is 28.7 Å². The molecule has 0 atom stereocenters. The summed E-state index contributed by atoms with van der Waals surface area (Å²) < 4.78 is 0. The van der Waals surface area contributed by atoms with E-state index >= 15 is 0 Å². The van der Waals surface area contributed by atoms with Gasteiger partial charge in [0.1, 0.15) is 11.5 Å². The molecule has 23 heavy (non-hydrogen) atoms. The van der Waals surface area contributed by atoms with Gasteiger partial charge >= 0.3 is 0 Å². The molecule has 1 aliphatic rings. The molecule has 120 valence electrons. The third-order valence-electron chi connectivity index (χ3n) is 3.54. The fourth-order valence-electron chi connectivity index (χ4n) is 2.49. The van der Waals surface area contributed by atoms with E-state index in [2.05, 4.69) is 20.4 Å². The number of hydrogen-bond acceptors (Lipinski definition) is 8. The van der Waals surface area contributed by atoms with Crippen molar-refractivity contribution in [2.24, 2.45) is 5.10 Å². The fraction of sp³-hybridized carbons (Fsp3) is 0.286. The van der Waals surface area contributed by atoms with Crippen molar-refractivity contribution in [1.82, 2.24) is 4.98 Å². The molecule has 3 rings (SSSR count). The van der Waals surface area contributed by atoms with Crippen molar-refractivity contribution in [2.75, 3.05) is 29.1 Å². The van der Waals surface area contributed by atoms with Gasteiger partial charge in [0.15, 0.2) is 0 Å². The van der Waals surface area contributed by atoms with Crippen molar-refractivity contribution in [3.8, 4) is 0 Å². The topological polar surface area (TPSA) is 110 Å². The summed E-state index contributed by atoms with van der Waals surface area (Å²) in [5.74, 6) is 0.429. The molecule has 0 unspecified atom stereocenters. The van der Waals surface area contributed by atoms with E-state index in [1.165, 1.54) is 23.6 Å². The lowest BCUT2D eigenvalue weighted by Crippen LogP contribution is -2.18. The standard InChI is InChI=1S/C14H16N6O2S/c15-13-9-23-14(17-13)18-16-8-10-3-4-11(12(7-10)20(21)22)19-5-1-2-6-19/h3-4,7-9H,1-2,5-6,15H2,(H,17,18). The van der Waals surface area contributed by atoms with Gasteiger partial charge < -0.3 is 10.6 Å². The lowest BCUT2D eigenvalue weighted by atomic mass is 10.1. The lowest BCUT2D eigenvalue weighted by molar-refractivity contribution is -0.384. The average molecular weight is 332 g/mol. The van der Waals surface area contributed by atoms with Crippen molar-refractivity contribution in [3.63, 3.8) is 0 Å². The smallest absolute Gasteiger partial charge is 0.293 e. The Morgan fingerprint density at radius 2 is 2.22 bits per heavy atom. The average Bonchev–Trinajstić information content (AvgIpc) is 3.19. The molecule has 2 heterocycles. The maximum absolute atomic E-state index is 11.3. The number of nitro groups is 1. The van der Waals surface area contributed by atoms with Crippen LogP contribution < -0.4 is 16.1 Å². The van der Waals surface area contributed by atoms with Crippen LogP contribution in [0.2, 0.25) is 0 Å². The molecular formula is C14H16N6O2S. The minimum absolute atomic E-state index is 0.106. The maximum Gasteiger partial charge on any atom is 0.293 e. The first-order chi connectivity index (χ1) is 11.1. The number of aromatic nitrogens is 1. The normalized spacial score (nSPS) is 14.5. The molecular weight excluding hydrogens is 316 g/mol. The van der Waals surface area contributed by atoms with Gasteiger partial charge in [0.05, 0.1) is 11.1 Å². The Morgan fingerprint density at radius 3 is 2.87 bits per heavy atom. The molecule has 1 aliphatic heterocycles. The number of nitrogens with zero attached hydrogens (tertiary/aromatic N) is 4. The van der Waals surface area contributed by atoms with E-state index in [1.54, 1.807) is 11.4 Å². The fourth-order valence-corrected chi connectivity index (χ4v) is 3.04. The van der Waals surface area contributed by atoms with Gasteiger partial charge in [-0.2, -0.15) is 5.10 Å². The number of rotatable bonds is 5. The van der Waals surface area contributed by atoms with Gasteiger partial charge in [-0.15, -0.1) is 11.3 Å². The van der Waals surface area contributed by atoms with Gasteiger partial charge in [-0.05, 0) is 18.9 Å². The molecule has 0 bridgehead atoms. The summed E-state index contributed by atoms with van der Waals surface area (Å²) in [6.07, 6.45) is 3.67. The summed E-state index contributed by atoms with van der Waals surface area (Å²) in [6, 6.07) is 5.14. The lowest BCUT2D eigenvalue weighted by Gasteiger charge is -2.17. The Kier molecular flexibility index (Phi) is 4.38. The van der Waals surface area contributed by atoms with Gasteiger partial charge in [0.25, 0.3) is 5.69 Å². The number of hydrazone groups is 1. The van der Waals surface area contributed by atoms with Crippen molar-refractivity contribution < 1.29 is 4.92 Å². The highest BCUT2D eigenvalue weighted by Crippen LogP contribution is 2.31. The Balaban J connectivity index is 1.77. The largest absolute Gasteiger partial charge is 0.383 e. The molecule has 3 N–H and O–H groups in total. The first kappa shape index (κ1) is 15.2. The first-order valence-electron chi connectivity index (χ1n) is 7.17. The number of anilines is 3. The van der Waals surface area contributed by atoms with Crippen LogP contribution in [0.5, 0.6) is 0 Å². The Bertz CT molecular complexity index is 739. The number of nitrogens with one attached hydrogen (secondary N) is 1. The molecule has 1 aromatic heterocycles. The quantitative estimate of drug-likeness (QED) is 0.495. The van der Waals surface area contributed by atoms with E-state index in [0.717, 1.165) is 25.9 Å². The van der Waals surface area contributed by atoms with Crippen molar-refractivity contribution >= 4 is 39.9 Å². The van der Waals surface area contributed by atoms with Crippen LogP contribution in [0.25, 0.3) is 0 Å². The van der Waals surface area contributed by atoms with Crippen molar-refractivity contribution in [3.05, 3.63) is 39.3 Å². The van der Waals surface area contributed by atoms with Crippen LogP contribution in [-0.4, -0.2) is 29.2 Å². The Hall–Kier alpha value is -2.68. The summed E-state index contributed by atoms with van der Waals surface area (Å²) in [7, 11) is 0. The molecule has 0 aliphatic carbocycles. The second-order valence-corrected chi connectivity index (χ2v) is 6.01. The third-order valence-corrected chi connectivity index (χ3v) is 4.30. The highest BCUT2D eigenvalue weighted by molar-refractivity contribution is 7.14. The van der Waals surface area contributed by atoms with E-state index in [9.17, 15) is 10.1 Å². The zero-order valence-electron chi connectivity index (χ0n) is 12.3. The van der Waals surface area contributed by atoms with Crippen molar-refractivity contribution in [1.29, 1.82) is 0 Å². The van der Waals surface area contributed by atoms with E-state index in [-0.39, 0.29) is 10.6 Å². The van der Waals surface area contributed by atoms with Crippen LogP contribution in [-0.2, 0) is 0 Å². The SMILES string of the molecule is Nc1csc(NN=Cc2ccc(N3CCCC3)c([N+](=O)[O-])c2)n1. The van der Waals surface area contributed by atoms with Crippen LogP contribution in [0.1, 0.15) is 18.4 Å². The number of benzene rings is 1. The zero-order valence-corrected chi connectivity index (χ0v) is 13.1. The predicted octanol–water partition coefficient (Wildman–Crippen LogP) is 2.68. The summed E-state index contributed by atoms with van der Waals surface area (Å²) in [5.41, 5.74) is 9.69. The van der Waals surface area contributed by atoms with Gasteiger partial charge in [-0.3, -0.25) is 15.5 Å². The molecule has 0 amide bonds. The summed E-state index contributed by atoms with van der Waals surface area (Å²) in [5, 5.41) is 17.6. The van der Waals surface area contributed by atoms with Gasteiger partial charge in [-0.25, -0.2) is 4.98 Å². The van der Waals surface area contributed by atoms with Crippen LogP contribution in [0.4, 0.5) is 22.3 Å². The summed E-state index contributed by atoms with van der Waals surface area (Å²) in [6.45, 7) is 1.72. The van der Waals surface area contributed by atoms with E-state index < -0.39 is 0 Å². The molecule has 1 aromatic carbocycles. The highest BCUT2D eigenvalue weighted by atomic mass is 32.1. The number of hydrogen-bond donors (Lipinski definition) is 2. The number of nitrogen functional groups attached to an aromatic ring is 1. The number of nitro benzene ring substituents is 1. The third kappa shape index (κ3) is 3.57. The van der Waals surface area contributed by atoms with E-state index in [4.69, 9.17) is 5.73 Å². The number of thiazole rings is 1. The van der Waals surface area contributed by atoms with Gasteiger partial charge in [0, 0.05) is 30.1 Å². The second kappa shape index (κ2) is 6.61. The molecule has 1 fully saturated rings. The number of nitrogens with two attached hydrogens (primary N) is 1. The Labute approximate surface area is 136 Å². The Morgan fingerprint density at radius 1 is 1.43 bits per heavy atom. The van der Waals surface area contributed by atoms with E-state index in [0.29, 0.717) is 22.2 Å². The highest BCUT2D eigenvalue weighted by Gasteiger charge is 2.22. The molecule has 8 nitrogen and oxygen atoms in total. The van der Waals surface area contributed by atoms with E-state index in [1.807, 2.05) is 6.07 Å². The minimum atomic E-state index is -0.347. The maximum atomic E-state index is 11.3. The first-order valence-corrected chi connectivity index (χ1v) is 8.05. The molecule has 0 saturated carbocycles. The monoisotopic (exact) mass is 332 g/mol. The van der Waals surface area contributed by atoms with Crippen LogP contribution in [0.3, 0.4) is 0 Å². The van der Waals surface area contributed by atoms with Gasteiger partial charge in [-0.1, -0.05) is 6.07 Å². The second-order valence-electron chi connectivity index (χ2n) is 5.15.